The first kappa shape index (κ1) is 22.0. The second-order valence-corrected chi connectivity index (χ2v) is 7.64. The zero-order valence-corrected chi connectivity index (χ0v) is 17.7. The number of hydrazine groups is 1. The molecule has 1 fully saturated rings. The monoisotopic (exact) mass is 423 g/mol. The normalized spacial score (nSPS) is 15.5. The average Bonchev–Trinajstić information content (AvgIpc) is 3.10. The summed E-state index contributed by atoms with van der Waals surface area (Å²) < 4.78 is 5.10. The summed E-state index contributed by atoms with van der Waals surface area (Å²) in [5.74, 6) is -2.69. The number of para-hydroxylation sites is 1. The minimum atomic E-state index is -0.751. The van der Waals surface area contributed by atoms with Gasteiger partial charge in [0.2, 0.25) is 5.91 Å². The molecule has 8 nitrogen and oxygen atoms in total. The van der Waals surface area contributed by atoms with Gasteiger partial charge in [-0.15, -0.1) is 0 Å². The highest BCUT2D eigenvalue weighted by Crippen LogP contribution is 2.20. The number of esters is 1. The van der Waals surface area contributed by atoms with Crippen LogP contribution in [0.15, 0.2) is 42.5 Å². The fraction of sp³-hybridized carbons (Fsp3) is 0.304. The van der Waals surface area contributed by atoms with E-state index in [-0.39, 0.29) is 18.9 Å². The third kappa shape index (κ3) is 5.48. The fourth-order valence-electron chi connectivity index (χ4n) is 3.31. The van der Waals surface area contributed by atoms with E-state index in [9.17, 15) is 19.2 Å². The molecule has 0 aromatic heterocycles. The van der Waals surface area contributed by atoms with E-state index >= 15 is 0 Å². The topological polar surface area (TPSA) is 105 Å². The van der Waals surface area contributed by atoms with Gasteiger partial charge in [-0.1, -0.05) is 35.9 Å². The zero-order valence-electron chi connectivity index (χ0n) is 17.7. The molecule has 1 atom stereocenters. The molecule has 2 aromatic carbocycles. The maximum absolute atomic E-state index is 12.3. The lowest BCUT2D eigenvalue weighted by Gasteiger charge is -2.17. The number of hydrogen-bond donors (Lipinski definition) is 2. The molecule has 0 aliphatic carbocycles. The standard InChI is InChI=1S/C23H25N3O5/c1-14-7-9-17(10-8-14)22(29)25-26-12-18(11-20(26)28)23(30)31-13-19(27)24-21-15(2)5-4-6-16(21)3/h4-10,18H,11-13H2,1-3H3,(H,24,27)(H,25,29)/t18-/m0/s1. The Bertz CT molecular complexity index is 996. The van der Waals surface area contributed by atoms with Gasteiger partial charge in [0.1, 0.15) is 0 Å². The number of amides is 3. The van der Waals surface area contributed by atoms with E-state index in [0.717, 1.165) is 21.7 Å². The lowest BCUT2D eigenvalue weighted by molar-refractivity contribution is -0.151. The molecule has 0 bridgehead atoms. The number of aryl methyl sites for hydroxylation is 3. The number of hydrogen-bond acceptors (Lipinski definition) is 5. The molecule has 31 heavy (non-hydrogen) atoms. The van der Waals surface area contributed by atoms with Crippen LogP contribution in [0.3, 0.4) is 0 Å². The van der Waals surface area contributed by atoms with Crippen LogP contribution in [0.4, 0.5) is 5.69 Å². The fourth-order valence-corrected chi connectivity index (χ4v) is 3.31. The van der Waals surface area contributed by atoms with Crippen molar-refractivity contribution in [2.45, 2.75) is 27.2 Å². The third-order valence-electron chi connectivity index (χ3n) is 5.10. The molecule has 0 saturated carbocycles. The molecular formula is C23H25N3O5. The molecule has 1 heterocycles. The Hall–Kier alpha value is -3.68. The summed E-state index contributed by atoms with van der Waals surface area (Å²) in [6.07, 6.45) is -0.0917. The van der Waals surface area contributed by atoms with E-state index in [2.05, 4.69) is 10.7 Å². The minimum absolute atomic E-state index is 0.00616. The maximum Gasteiger partial charge on any atom is 0.311 e. The van der Waals surface area contributed by atoms with Crippen molar-refractivity contribution in [2.24, 2.45) is 5.92 Å². The molecule has 3 rings (SSSR count). The molecule has 3 amide bonds. The number of nitrogens with one attached hydrogen (secondary N) is 2. The summed E-state index contributed by atoms with van der Waals surface area (Å²) in [4.78, 5) is 49.0. The van der Waals surface area contributed by atoms with Crippen LogP contribution in [-0.4, -0.2) is 41.9 Å². The van der Waals surface area contributed by atoms with Gasteiger partial charge in [-0.3, -0.25) is 29.6 Å². The van der Waals surface area contributed by atoms with Crippen LogP contribution in [0, 0.1) is 26.7 Å². The quantitative estimate of drug-likeness (QED) is 0.694. The van der Waals surface area contributed by atoms with Crippen molar-refractivity contribution in [3.63, 3.8) is 0 Å². The van der Waals surface area contributed by atoms with Crippen molar-refractivity contribution in [3.05, 3.63) is 64.7 Å². The summed E-state index contributed by atoms with van der Waals surface area (Å²) in [5.41, 5.74) is 6.43. The van der Waals surface area contributed by atoms with Crippen LogP contribution in [0.2, 0.25) is 0 Å². The summed E-state index contributed by atoms with van der Waals surface area (Å²) in [7, 11) is 0. The first-order valence-corrected chi connectivity index (χ1v) is 9.95. The Kier molecular flexibility index (Phi) is 6.69. The van der Waals surface area contributed by atoms with Gasteiger partial charge in [0.25, 0.3) is 11.8 Å². The molecule has 0 unspecified atom stereocenters. The highest BCUT2D eigenvalue weighted by atomic mass is 16.5. The lowest BCUT2D eigenvalue weighted by atomic mass is 10.1. The van der Waals surface area contributed by atoms with Gasteiger partial charge in [-0.2, -0.15) is 0 Å². The van der Waals surface area contributed by atoms with Gasteiger partial charge in [0.15, 0.2) is 6.61 Å². The summed E-state index contributed by atoms with van der Waals surface area (Å²) in [5, 5.41) is 3.86. The zero-order chi connectivity index (χ0) is 22.5. The van der Waals surface area contributed by atoms with Crippen LogP contribution in [0.5, 0.6) is 0 Å². The van der Waals surface area contributed by atoms with Gasteiger partial charge >= 0.3 is 5.97 Å². The van der Waals surface area contributed by atoms with Gasteiger partial charge in [-0.25, -0.2) is 0 Å². The highest BCUT2D eigenvalue weighted by molar-refractivity contribution is 5.97. The maximum atomic E-state index is 12.3. The van der Waals surface area contributed by atoms with E-state index in [1.165, 1.54) is 0 Å². The number of anilines is 1. The Morgan fingerprint density at radius 3 is 2.32 bits per heavy atom. The van der Waals surface area contributed by atoms with Crippen LogP contribution in [0.25, 0.3) is 0 Å². The Morgan fingerprint density at radius 2 is 1.68 bits per heavy atom. The van der Waals surface area contributed by atoms with Crippen LogP contribution in [-0.2, 0) is 19.1 Å². The van der Waals surface area contributed by atoms with Crippen LogP contribution < -0.4 is 10.7 Å². The molecule has 0 radical (unpaired) electrons. The van der Waals surface area contributed by atoms with E-state index in [4.69, 9.17) is 4.74 Å². The molecule has 2 N–H and O–H groups in total. The Balaban J connectivity index is 1.50. The second kappa shape index (κ2) is 9.42. The molecule has 2 aromatic rings. The molecule has 0 spiro atoms. The summed E-state index contributed by atoms with van der Waals surface area (Å²) in [6, 6.07) is 12.5. The Labute approximate surface area is 180 Å². The highest BCUT2D eigenvalue weighted by Gasteiger charge is 2.36. The van der Waals surface area contributed by atoms with Gasteiger partial charge in [0.05, 0.1) is 12.5 Å². The van der Waals surface area contributed by atoms with Crippen LogP contribution in [0.1, 0.15) is 33.5 Å². The van der Waals surface area contributed by atoms with Crippen LogP contribution >= 0.6 is 0 Å². The van der Waals surface area contributed by atoms with Crippen molar-refractivity contribution in [1.82, 2.24) is 10.4 Å². The summed E-state index contributed by atoms with van der Waals surface area (Å²) >= 11 is 0. The molecule has 1 aliphatic rings. The largest absolute Gasteiger partial charge is 0.455 e. The smallest absolute Gasteiger partial charge is 0.311 e. The second-order valence-electron chi connectivity index (χ2n) is 7.64. The van der Waals surface area contributed by atoms with Gasteiger partial charge in [0, 0.05) is 17.7 Å². The minimum Gasteiger partial charge on any atom is -0.455 e. The van der Waals surface area contributed by atoms with Crippen molar-refractivity contribution >= 4 is 29.4 Å². The van der Waals surface area contributed by atoms with Gasteiger partial charge < -0.3 is 10.1 Å². The Morgan fingerprint density at radius 1 is 1.03 bits per heavy atom. The van der Waals surface area contributed by atoms with Gasteiger partial charge in [-0.05, 0) is 44.0 Å². The van der Waals surface area contributed by atoms with Crippen molar-refractivity contribution in [3.8, 4) is 0 Å². The predicted molar refractivity (Wildman–Crippen MR) is 114 cm³/mol. The van der Waals surface area contributed by atoms with Crippen molar-refractivity contribution in [1.29, 1.82) is 0 Å². The van der Waals surface area contributed by atoms with E-state index < -0.39 is 30.3 Å². The van der Waals surface area contributed by atoms with Crippen molar-refractivity contribution < 1.29 is 23.9 Å². The first-order valence-electron chi connectivity index (χ1n) is 9.95. The molecule has 8 heteroatoms. The molecule has 1 aliphatic heterocycles. The average molecular weight is 423 g/mol. The predicted octanol–water partition coefficient (Wildman–Crippen LogP) is 2.29. The number of rotatable bonds is 6. The number of benzene rings is 2. The number of ether oxygens (including phenoxy) is 1. The summed E-state index contributed by atoms with van der Waals surface area (Å²) in [6.45, 7) is 5.20. The molecule has 162 valence electrons. The van der Waals surface area contributed by atoms with E-state index in [0.29, 0.717) is 11.3 Å². The van der Waals surface area contributed by atoms with Crippen molar-refractivity contribution in [2.75, 3.05) is 18.5 Å². The first-order chi connectivity index (χ1) is 14.7. The molecule has 1 saturated heterocycles. The number of carbonyl (C=O) groups is 4. The third-order valence-corrected chi connectivity index (χ3v) is 5.10. The van der Waals surface area contributed by atoms with E-state index in [1.54, 1.807) is 24.3 Å². The SMILES string of the molecule is Cc1ccc(C(=O)NN2C[C@@H](C(=O)OCC(=O)Nc3c(C)cccc3C)CC2=O)cc1. The lowest BCUT2D eigenvalue weighted by Crippen LogP contribution is -2.43. The van der Waals surface area contributed by atoms with E-state index in [1.807, 2.05) is 39.0 Å². The number of carbonyl (C=O) groups excluding carboxylic acids is 4. The molecular weight excluding hydrogens is 398 g/mol. The number of nitrogens with zero attached hydrogens (tertiary/aromatic N) is 1.